The van der Waals surface area contributed by atoms with Crippen LogP contribution in [0.5, 0.6) is 0 Å². The van der Waals surface area contributed by atoms with Crippen molar-refractivity contribution >= 4 is 12.1 Å². The first-order valence-electron chi connectivity index (χ1n) is 6.37. The Bertz CT molecular complexity index is 299. The first kappa shape index (κ1) is 17.5. The predicted molar refractivity (Wildman–Crippen MR) is 73.1 cm³/mol. The summed E-state index contributed by atoms with van der Waals surface area (Å²) in [6, 6.07) is -1.25. The van der Waals surface area contributed by atoms with Crippen molar-refractivity contribution in [2.45, 2.75) is 33.1 Å². The van der Waals surface area contributed by atoms with E-state index in [1.165, 1.54) is 0 Å². The zero-order chi connectivity index (χ0) is 15.0. The molecule has 0 aromatic carbocycles. The van der Waals surface area contributed by atoms with Gasteiger partial charge in [0.2, 0.25) is 0 Å². The van der Waals surface area contributed by atoms with Crippen LogP contribution in [0.4, 0.5) is 9.59 Å². The van der Waals surface area contributed by atoms with E-state index in [2.05, 4.69) is 6.92 Å². The fourth-order valence-corrected chi connectivity index (χ4v) is 1.70. The van der Waals surface area contributed by atoms with Crippen LogP contribution >= 0.6 is 0 Å². The number of amides is 4. The standard InChI is InChI=1S/C11H26N6O2/c1-8(5-6-16(14)10(12)18)3-4-9(2)7-17(15)11(13)19/h8-9H,3-7,14-15H2,1-2H3,(H2,12,18)(H2,13,19). The second-order valence-electron chi connectivity index (χ2n) is 5.10. The van der Waals surface area contributed by atoms with E-state index in [0.29, 0.717) is 19.0 Å². The topological polar surface area (TPSA) is 145 Å². The number of hydrogen-bond donors (Lipinski definition) is 4. The van der Waals surface area contributed by atoms with E-state index in [-0.39, 0.29) is 5.92 Å². The van der Waals surface area contributed by atoms with E-state index >= 15 is 0 Å². The van der Waals surface area contributed by atoms with Gasteiger partial charge in [0.1, 0.15) is 0 Å². The van der Waals surface area contributed by atoms with Crippen molar-refractivity contribution in [2.75, 3.05) is 13.1 Å². The molecular weight excluding hydrogens is 248 g/mol. The summed E-state index contributed by atoms with van der Waals surface area (Å²) in [7, 11) is 0. The Balaban J connectivity index is 3.80. The van der Waals surface area contributed by atoms with Gasteiger partial charge >= 0.3 is 12.1 Å². The second kappa shape index (κ2) is 8.54. The molecule has 2 unspecified atom stereocenters. The third-order valence-corrected chi connectivity index (χ3v) is 3.09. The Morgan fingerprint density at radius 3 is 1.84 bits per heavy atom. The average molecular weight is 274 g/mol. The van der Waals surface area contributed by atoms with Crippen molar-refractivity contribution in [1.29, 1.82) is 0 Å². The molecular formula is C11H26N6O2. The van der Waals surface area contributed by atoms with Crippen molar-refractivity contribution < 1.29 is 9.59 Å². The summed E-state index contributed by atoms with van der Waals surface area (Å²) < 4.78 is 0. The molecule has 0 fully saturated rings. The number of primary amides is 2. The first-order chi connectivity index (χ1) is 8.73. The first-order valence-corrected chi connectivity index (χ1v) is 6.37. The average Bonchev–Trinajstić information content (AvgIpc) is 2.32. The molecule has 0 aliphatic carbocycles. The van der Waals surface area contributed by atoms with Gasteiger partial charge in [0.15, 0.2) is 0 Å². The third kappa shape index (κ3) is 8.22. The van der Waals surface area contributed by atoms with Gasteiger partial charge in [-0.15, -0.1) is 0 Å². The number of carbonyl (C=O) groups excluding carboxylic acids is 2. The molecule has 0 rings (SSSR count). The Labute approximate surface area is 114 Å². The molecule has 0 aromatic rings. The molecule has 2 atom stereocenters. The van der Waals surface area contributed by atoms with E-state index in [1.807, 2.05) is 6.92 Å². The lowest BCUT2D eigenvalue weighted by atomic mass is 9.95. The molecule has 0 aromatic heterocycles. The zero-order valence-electron chi connectivity index (χ0n) is 11.7. The van der Waals surface area contributed by atoms with Gasteiger partial charge in [0, 0.05) is 13.1 Å². The van der Waals surface area contributed by atoms with E-state index < -0.39 is 12.1 Å². The lowest BCUT2D eigenvalue weighted by molar-refractivity contribution is 0.195. The lowest BCUT2D eigenvalue weighted by Gasteiger charge is -2.21. The zero-order valence-corrected chi connectivity index (χ0v) is 11.7. The lowest BCUT2D eigenvalue weighted by Crippen LogP contribution is -2.44. The summed E-state index contributed by atoms with van der Waals surface area (Å²) in [5.41, 5.74) is 10.1. The number of nitrogens with zero attached hydrogens (tertiary/aromatic N) is 2. The number of hydrazine groups is 2. The van der Waals surface area contributed by atoms with Crippen LogP contribution in [0, 0.1) is 11.8 Å². The highest BCUT2D eigenvalue weighted by Crippen LogP contribution is 2.15. The molecule has 0 bridgehead atoms. The largest absolute Gasteiger partial charge is 0.350 e. The van der Waals surface area contributed by atoms with E-state index in [0.717, 1.165) is 29.3 Å². The molecule has 4 amide bonds. The molecule has 112 valence electrons. The Kier molecular flexibility index (Phi) is 7.85. The van der Waals surface area contributed by atoms with Gasteiger partial charge in [-0.25, -0.2) is 21.3 Å². The van der Waals surface area contributed by atoms with Gasteiger partial charge in [0.25, 0.3) is 0 Å². The van der Waals surface area contributed by atoms with Crippen LogP contribution < -0.4 is 23.2 Å². The number of urea groups is 2. The van der Waals surface area contributed by atoms with Gasteiger partial charge in [-0.05, 0) is 24.7 Å². The molecule has 8 N–H and O–H groups in total. The summed E-state index contributed by atoms with van der Waals surface area (Å²) in [6.45, 7) is 4.96. The van der Waals surface area contributed by atoms with Crippen molar-refractivity contribution in [1.82, 2.24) is 10.0 Å². The molecule has 0 saturated carbocycles. The molecule has 8 nitrogen and oxygen atoms in total. The number of rotatable bonds is 8. The Morgan fingerprint density at radius 1 is 0.895 bits per heavy atom. The van der Waals surface area contributed by atoms with Crippen LogP contribution in [0.25, 0.3) is 0 Å². The van der Waals surface area contributed by atoms with Crippen LogP contribution in [-0.4, -0.2) is 35.2 Å². The highest BCUT2D eigenvalue weighted by molar-refractivity contribution is 5.71. The summed E-state index contributed by atoms with van der Waals surface area (Å²) in [5.74, 6) is 11.5. The maximum Gasteiger partial charge on any atom is 0.328 e. The highest BCUT2D eigenvalue weighted by Gasteiger charge is 2.13. The predicted octanol–water partition coefficient (Wildman–Crippen LogP) is -0.0623. The van der Waals surface area contributed by atoms with Crippen LogP contribution in [0.3, 0.4) is 0 Å². The van der Waals surface area contributed by atoms with Crippen molar-refractivity contribution in [2.24, 2.45) is 35.0 Å². The van der Waals surface area contributed by atoms with Gasteiger partial charge < -0.3 is 11.5 Å². The van der Waals surface area contributed by atoms with Crippen molar-refractivity contribution in [3.05, 3.63) is 0 Å². The summed E-state index contributed by atoms with van der Waals surface area (Å²) in [4.78, 5) is 21.5. The second-order valence-corrected chi connectivity index (χ2v) is 5.10. The molecule has 0 spiro atoms. The molecule has 0 heterocycles. The SMILES string of the molecule is CC(CCC(C)CN(N)C(N)=O)CCN(N)C(N)=O. The minimum absolute atomic E-state index is 0.269. The van der Waals surface area contributed by atoms with Crippen molar-refractivity contribution in [3.8, 4) is 0 Å². The summed E-state index contributed by atoms with van der Waals surface area (Å²) in [6.07, 6.45) is 2.66. The molecule has 19 heavy (non-hydrogen) atoms. The molecule has 0 aliphatic rings. The number of nitrogens with two attached hydrogens (primary N) is 4. The molecule has 0 aliphatic heterocycles. The molecule has 8 heteroatoms. The smallest absolute Gasteiger partial charge is 0.328 e. The maximum atomic E-state index is 10.8. The van der Waals surface area contributed by atoms with E-state index in [1.54, 1.807) is 0 Å². The molecule has 0 saturated heterocycles. The van der Waals surface area contributed by atoms with Crippen LogP contribution in [-0.2, 0) is 0 Å². The van der Waals surface area contributed by atoms with Crippen LogP contribution in [0.1, 0.15) is 33.1 Å². The van der Waals surface area contributed by atoms with Gasteiger partial charge in [0.05, 0.1) is 0 Å². The monoisotopic (exact) mass is 274 g/mol. The normalized spacial score (nSPS) is 13.7. The minimum Gasteiger partial charge on any atom is -0.350 e. The quantitative estimate of drug-likeness (QED) is 0.279. The Hall–Kier alpha value is -1.54. The van der Waals surface area contributed by atoms with Crippen molar-refractivity contribution in [3.63, 3.8) is 0 Å². The fourth-order valence-electron chi connectivity index (χ4n) is 1.70. The van der Waals surface area contributed by atoms with E-state index in [9.17, 15) is 9.59 Å². The number of carbonyl (C=O) groups is 2. The van der Waals surface area contributed by atoms with Gasteiger partial charge in [-0.3, -0.25) is 10.0 Å². The van der Waals surface area contributed by atoms with Crippen LogP contribution in [0.2, 0.25) is 0 Å². The molecule has 0 radical (unpaired) electrons. The van der Waals surface area contributed by atoms with Gasteiger partial charge in [-0.2, -0.15) is 0 Å². The Morgan fingerprint density at radius 2 is 1.37 bits per heavy atom. The summed E-state index contributed by atoms with van der Waals surface area (Å²) >= 11 is 0. The highest BCUT2D eigenvalue weighted by atomic mass is 16.2. The van der Waals surface area contributed by atoms with Gasteiger partial charge in [-0.1, -0.05) is 20.3 Å². The van der Waals surface area contributed by atoms with E-state index in [4.69, 9.17) is 23.2 Å². The van der Waals surface area contributed by atoms with Crippen LogP contribution in [0.15, 0.2) is 0 Å². The maximum absolute atomic E-state index is 10.8. The number of hydrogen-bond acceptors (Lipinski definition) is 4. The third-order valence-electron chi connectivity index (χ3n) is 3.09. The minimum atomic E-state index is -0.625. The summed E-state index contributed by atoms with van der Waals surface area (Å²) in [5, 5.41) is 2.03. The fraction of sp³-hybridized carbons (Fsp3) is 0.818.